The first-order valence-electron chi connectivity index (χ1n) is 6.88. The molecule has 7 nitrogen and oxygen atoms in total. The Kier molecular flexibility index (Phi) is 5.64. The van der Waals surface area contributed by atoms with Crippen molar-refractivity contribution in [3.63, 3.8) is 0 Å². The number of carbonyl (C=O) groups is 3. The molecule has 22 heavy (non-hydrogen) atoms. The molecule has 0 aliphatic heterocycles. The van der Waals surface area contributed by atoms with Crippen molar-refractivity contribution >= 4 is 17.7 Å². The molecule has 1 aliphatic carbocycles. The SMILES string of the molecule is COC(=O)[C@H](C#N)[C@](C#N)(C(=O)OC)[C@@H]1C[C@@H](C)CCC1=O. The molecule has 0 bridgehead atoms. The van der Waals surface area contributed by atoms with Gasteiger partial charge in [0.15, 0.2) is 11.3 Å². The lowest BCUT2D eigenvalue weighted by molar-refractivity contribution is -0.166. The van der Waals surface area contributed by atoms with Crippen LogP contribution in [0.2, 0.25) is 0 Å². The van der Waals surface area contributed by atoms with Gasteiger partial charge in [-0.3, -0.25) is 14.4 Å². The van der Waals surface area contributed by atoms with E-state index in [9.17, 15) is 24.9 Å². The maximum Gasteiger partial charge on any atom is 0.328 e. The molecule has 0 aromatic rings. The second-order valence-corrected chi connectivity index (χ2v) is 5.46. The molecule has 0 spiro atoms. The molecule has 0 saturated heterocycles. The van der Waals surface area contributed by atoms with E-state index in [4.69, 9.17) is 0 Å². The number of hydrogen-bond acceptors (Lipinski definition) is 7. The fourth-order valence-electron chi connectivity index (χ4n) is 2.93. The molecule has 7 heteroatoms. The summed E-state index contributed by atoms with van der Waals surface area (Å²) in [6, 6.07) is 3.38. The van der Waals surface area contributed by atoms with Gasteiger partial charge in [0, 0.05) is 12.3 Å². The first-order chi connectivity index (χ1) is 10.4. The van der Waals surface area contributed by atoms with Gasteiger partial charge >= 0.3 is 11.9 Å². The Morgan fingerprint density at radius 1 is 1.32 bits per heavy atom. The quantitative estimate of drug-likeness (QED) is 0.710. The molecule has 0 unspecified atom stereocenters. The Morgan fingerprint density at radius 2 is 1.95 bits per heavy atom. The van der Waals surface area contributed by atoms with Crippen LogP contribution in [0.25, 0.3) is 0 Å². The van der Waals surface area contributed by atoms with Crippen LogP contribution < -0.4 is 0 Å². The third-order valence-electron chi connectivity index (χ3n) is 4.19. The van der Waals surface area contributed by atoms with Crippen molar-refractivity contribution in [3.8, 4) is 12.1 Å². The number of ketones is 1. The van der Waals surface area contributed by atoms with Gasteiger partial charge in [-0.05, 0) is 18.8 Å². The van der Waals surface area contributed by atoms with Crippen molar-refractivity contribution in [2.24, 2.45) is 23.2 Å². The average molecular weight is 306 g/mol. The lowest BCUT2D eigenvalue weighted by atomic mass is 9.61. The van der Waals surface area contributed by atoms with E-state index in [1.807, 2.05) is 6.92 Å². The molecule has 0 aromatic carbocycles. The van der Waals surface area contributed by atoms with Crippen LogP contribution in [-0.2, 0) is 23.9 Å². The van der Waals surface area contributed by atoms with Crippen molar-refractivity contribution in [2.75, 3.05) is 14.2 Å². The first kappa shape index (κ1) is 17.6. The number of nitrogens with zero attached hydrogens (tertiary/aromatic N) is 2. The fraction of sp³-hybridized carbons (Fsp3) is 0.667. The van der Waals surface area contributed by atoms with Gasteiger partial charge in [-0.25, -0.2) is 0 Å². The van der Waals surface area contributed by atoms with Crippen LogP contribution in [-0.4, -0.2) is 31.9 Å². The Labute approximate surface area is 128 Å². The molecule has 1 aliphatic rings. The van der Waals surface area contributed by atoms with Crippen LogP contribution in [0.4, 0.5) is 0 Å². The molecule has 0 aromatic heterocycles. The summed E-state index contributed by atoms with van der Waals surface area (Å²) in [5.41, 5.74) is -2.18. The van der Waals surface area contributed by atoms with Crippen molar-refractivity contribution in [1.82, 2.24) is 0 Å². The molecule has 1 saturated carbocycles. The number of rotatable bonds is 4. The minimum Gasteiger partial charge on any atom is -0.468 e. The zero-order chi connectivity index (χ0) is 16.9. The van der Waals surface area contributed by atoms with Crippen LogP contribution in [0.1, 0.15) is 26.2 Å². The second kappa shape index (κ2) is 7.04. The van der Waals surface area contributed by atoms with E-state index in [0.717, 1.165) is 14.2 Å². The highest BCUT2D eigenvalue weighted by molar-refractivity contribution is 5.96. The first-order valence-corrected chi connectivity index (χ1v) is 6.88. The normalized spacial score (nSPS) is 25.0. The summed E-state index contributed by atoms with van der Waals surface area (Å²) < 4.78 is 9.18. The number of nitriles is 2. The van der Waals surface area contributed by atoms with Crippen LogP contribution in [0.3, 0.4) is 0 Å². The van der Waals surface area contributed by atoms with E-state index in [0.29, 0.717) is 6.42 Å². The summed E-state index contributed by atoms with van der Waals surface area (Å²) in [4.78, 5) is 36.4. The smallest absolute Gasteiger partial charge is 0.328 e. The third-order valence-corrected chi connectivity index (χ3v) is 4.19. The largest absolute Gasteiger partial charge is 0.468 e. The summed E-state index contributed by atoms with van der Waals surface area (Å²) in [7, 11) is 2.11. The van der Waals surface area contributed by atoms with Crippen LogP contribution >= 0.6 is 0 Å². The number of methoxy groups -OCH3 is 2. The minimum atomic E-state index is -2.18. The third kappa shape index (κ3) is 2.80. The van der Waals surface area contributed by atoms with Gasteiger partial charge < -0.3 is 9.47 Å². The predicted octanol–water partition coefficient (Wildman–Crippen LogP) is 0.987. The Morgan fingerprint density at radius 3 is 2.41 bits per heavy atom. The van der Waals surface area contributed by atoms with Gasteiger partial charge in [-0.2, -0.15) is 10.5 Å². The number of ether oxygens (including phenoxy) is 2. The molecule has 1 rings (SSSR count). The summed E-state index contributed by atoms with van der Waals surface area (Å²) in [6.45, 7) is 1.89. The van der Waals surface area contributed by atoms with Gasteiger partial charge in [0.2, 0.25) is 0 Å². The molecule has 0 N–H and O–H groups in total. The number of carbonyl (C=O) groups excluding carboxylic acids is 3. The average Bonchev–Trinajstić information content (AvgIpc) is 2.53. The number of esters is 2. The molecule has 1 fully saturated rings. The molecule has 0 heterocycles. The van der Waals surface area contributed by atoms with Crippen LogP contribution in [0, 0.1) is 45.8 Å². The molecule has 0 amide bonds. The molecular formula is C15H18N2O5. The van der Waals surface area contributed by atoms with E-state index in [-0.39, 0.29) is 24.5 Å². The summed E-state index contributed by atoms with van der Waals surface area (Å²) in [5, 5.41) is 18.9. The lowest BCUT2D eigenvalue weighted by Gasteiger charge is -2.37. The molecule has 4 atom stereocenters. The summed E-state index contributed by atoms with van der Waals surface area (Å²) in [5.74, 6) is -5.07. The summed E-state index contributed by atoms with van der Waals surface area (Å²) >= 11 is 0. The van der Waals surface area contributed by atoms with Gasteiger partial charge in [-0.1, -0.05) is 6.92 Å². The van der Waals surface area contributed by atoms with Gasteiger partial charge in [0.25, 0.3) is 0 Å². The van der Waals surface area contributed by atoms with Crippen molar-refractivity contribution < 1.29 is 23.9 Å². The van der Waals surface area contributed by atoms with Crippen molar-refractivity contribution in [2.45, 2.75) is 26.2 Å². The van der Waals surface area contributed by atoms with E-state index in [2.05, 4.69) is 9.47 Å². The van der Waals surface area contributed by atoms with E-state index < -0.39 is 29.2 Å². The van der Waals surface area contributed by atoms with E-state index in [1.54, 1.807) is 12.1 Å². The lowest BCUT2D eigenvalue weighted by Crippen LogP contribution is -2.51. The van der Waals surface area contributed by atoms with E-state index in [1.165, 1.54) is 0 Å². The van der Waals surface area contributed by atoms with Crippen molar-refractivity contribution in [3.05, 3.63) is 0 Å². The maximum absolute atomic E-state index is 12.3. The van der Waals surface area contributed by atoms with Crippen LogP contribution in [0.5, 0.6) is 0 Å². The molecule has 118 valence electrons. The van der Waals surface area contributed by atoms with Crippen molar-refractivity contribution in [1.29, 1.82) is 10.5 Å². The van der Waals surface area contributed by atoms with Crippen LogP contribution in [0.15, 0.2) is 0 Å². The van der Waals surface area contributed by atoms with Gasteiger partial charge in [-0.15, -0.1) is 0 Å². The fourth-order valence-corrected chi connectivity index (χ4v) is 2.93. The Bertz CT molecular complexity index is 559. The van der Waals surface area contributed by atoms with Gasteiger partial charge in [0.1, 0.15) is 5.78 Å². The highest BCUT2D eigenvalue weighted by Gasteiger charge is 2.60. The Hall–Kier alpha value is -2.41. The standard InChI is InChI=1S/C15H18N2O5/c1-9-4-5-12(18)10(6-9)15(8-17,14(20)22-3)11(7-16)13(19)21-2/h9-11H,4-6H2,1-3H3/t9-,10+,11-,15+/m0/s1. The minimum absolute atomic E-state index is 0.0945. The predicted molar refractivity (Wildman–Crippen MR) is 72.7 cm³/mol. The number of hydrogen-bond donors (Lipinski definition) is 0. The highest BCUT2D eigenvalue weighted by atomic mass is 16.5. The maximum atomic E-state index is 12.3. The second-order valence-electron chi connectivity index (χ2n) is 5.46. The zero-order valence-corrected chi connectivity index (χ0v) is 12.8. The molecule has 0 radical (unpaired) electrons. The van der Waals surface area contributed by atoms with Gasteiger partial charge in [0.05, 0.1) is 26.4 Å². The topological polar surface area (TPSA) is 117 Å². The number of Topliss-reactive ketones (excluding diaryl/α,β-unsaturated/α-hetero) is 1. The van der Waals surface area contributed by atoms with E-state index >= 15 is 0 Å². The molecular weight excluding hydrogens is 288 g/mol. The monoisotopic (exact) mass is 306 g/mol. The Balaban J connectivity index is 3.49. The summed E-state index contributed by atoms with van der Waals surface area (Å²) in [6.07, 6.45) is 1.09. The highest BCUT2D eigenvalue weighted by Crippen LogP contribution is 2.44. The zero-order valence-electron chi connectivity index (χ0n) is 12.8.